The van der Waals surface area contributed by atoms with E-state index in [2.05, 4.69) is 30.6 Å². The van der Waals surface area contributed by atoms with E-state index in [1.807, 2.05) is 31.2 Å². The molecule has 3 nitrogen and oxygen atoms in total. The molecule has 1 aromatic heterocycles. The van der Waals surface area contributed by atoms with Crippen molar-refractivity contribution in [2.24, 2.45) is 0 Å². The van der Waals surface area contributed by atoms with Crippen molar-refractivity contribution in [3.05, 3.63) is 48.0 Å². The predicted molar refractivity (Wildman–Crippen MR) is 90.1 cm³/mol. The Morgan fingerprint density at radius 3 is 2.77 bits per heavy atom. The van der Waals surface area contributed by atoms with Crippen LogP contribution in [0.5, 0.6) is 5.88 Å². The maximum absolute atomic E-state index is 9.59. The summed E-state index contributed by atoms with van der Waals surface area (Å²) in [5.41, 5.74) is 2.42. The van der Waals surface area contributed by atoms with E-state index in [1.165, 1.54) is 0 Å². The van der Waals surface area contributed by atoms with Crippen molar-refractivity contribution in [1.29, 1.82) is 5.26 Å². The van der Waals surface area contributed by atoms with Gasteiger partial charge in [0, 0.05) is 10.9 Å². The Labute approximate surface area is 132 Å². The number of hydrogen-bond acceptors (Lipinski definition) is 3. The maximum atomic E-state index is 9.59. The van der Waals surface area contributed by atoms with Crippen LogP contribution in [0.15, 0.2) is 36.9 Å². The van der Waals surface area contributed by atoms with Gasteiger partial charge in [-0.25, -0.2) is 4.98 Å². The van der Waals surface area contributed by atoms with Crippen LogP contribution in [0.25, 0.3) is 10.9 Å². The van der Waals surface area contributed by atoms with Gasteiger partial charge in [-0.1, -0.05) is 25.1 Å². The lowest BCUT2D eigenvalue weighted by molar-refractivity contribution is 0.394. The van der Waals surface area contributed by atoms with Crippen LogP contribution < -0.4 is 4.74 Å². The first-order valence-corrected chi connectivity index (χ1v) is 7.58. The zero-order chi connectivity index (χ0) is 16.2. The molecule has 1 heterocycles. The Bertz CT molecular complexity index is 730. The van der Waals surface area contributed by atoms with Crippen LogP contribution in [0.2, 0.25) is 0 Å². The number of allylic oxidation sites excluding steroid dienone is 1. The summed E-state index contributed by atoms with van der Waals surface area (Å²) in [4.78, 5) is 4.60. The zero-order valence-electron chi connectivity index (χ0n) is 13.5. The van der Waals surface area contributed by atoms with Crippen LogP contribution in [0.1, 0.15) is 37.8 Å². The predicted octanol–water partition coefficient (Wildman–Crippen LogP) is 4.55. The largest absolute Gasteiger partial charge is 0.481 e. The third-order valence-electron chi connectivity index (χ3n) is 4.16. The van der Waals surface area contributed by atoms with Gasteiger partial charge in [0.05, 0.1) is 24.1 Å². The fraction of sp³-hybridized carbons (Fsp3) is 0.368. The van der Waals surface area contributed by atoms with Crippen LogP contribution in [0.3, 0.4) is 0 Å². The van der Waals surface area contributed by atoms with Gasteiger partial charge in [0.1, 0.15) is 0 Å². The molecule has 22 heavy (non-hydrogen) atoms. The van der Waals surface area contributed by atoms with E-state index >= 15 is 0 Å². The van der Waals surface area contributed by atoms with Crippen LogP contribution in [-0.4, -0.2) is 12.1 Å². The third-order valence-corrected chi connectivity index (χ3v) is 4.16. The monoisotopic (exact) mass is 294 g/mol. The van der Waals surface area contributed by atoms with Crippen molar-refractivity contribution in [2.75, 3.05) is 7.11 Å². The number of aromatic nitrogens is 1. The van der Waals surface area contributed by atoms with Crippen LogP contribution in [0, 0.1) is 11.3 Å². The minimum atomic E-state index is -0.527. The molecule has 0 aliphatic rings. The Kier molecular flexibility index (Phi) is 4.82. The highest BCUT2D eigenvalue weighted by molar-refractivity contribution is 5.81. The Morgan fingerprint density at radius 1 is 1.41 bits per heavy atom. The minimum absolute atomic E-state index is 0.527. The standard InChI is InChI=1S/C19H22N2O/c1-5-7-10-19(3,13-20)16-9-8-15-11-14(6-2)18(22-4)21-17(15)12-16/h5,8-9,11-12H,1,6-7,10H2,2-4H3. The maximum Gasteiger partial charge on any atom is 0.216 e. The molecule has 0 N–H and O–H groups in total. The number of fused-ring (bicyclic) bond motifs is 1. The summed E-state index contributed by atoms with van der Waals surface area (Å²) in [6.45, 7) is 7.80. The molecule has 0 fully saturated rings. The normalized spacial score (nSPS) is 13.4. The second kappa shape index (κ2) is 6.62. The van der Waals surface area contributed by atoms with Crippen molar-refractivity contribution in [2.45, 2.75) is 38.5 Å². The molecular formula is C19H22N2O. The molecule has 0 spiro atoms. The van der Waals surface area contributed by atoms with Gasteiger partial charge in [0.25, 0.3) is 0 Å². The summed E-state index contributed by atoms with van der Waals surface area (Å²) in [6, 6.07) is 10.6. The van der Waals surface area contributed by atoms with Crippen molar-refractivity contribution in [1.82, 2.24) is 4.98 Å². The molecule has 0 radical (unpaired) electrons. The van der Waals surface area contributed by atoms with E-state index in [9.17, 15) is 5.26 Å². The van der Waals surface area contributed by atoms with Crippen molar-refractivity contribution in [3.8, 4) is 11.9 Å². The number of ether oxygens (including phenoxy) is 1. The highest BCUT2D eigenvalue weighted by atomic mass is 16.5. The van der Waals surface area contributed by atoms with Crippen molar-refractivity contribution >= 4 is 10.9 Å². The van der Waals surface area contributed by atoms with Gasteiger partial charge in [-0.2, -0.15) is 5.26 Å². The summed E-state index contributed by atoms with van der Waals surface area (Å²) in [5, 5.41) is 10.7. The summed E-state index contributed by atoms with van der Waals surface area (Å²) >= 11 is 0. The topological polar surface area (TPSA) is 45.9 Å². The molecule has 114 valence electrons. The molecule has 0 aliphatic carbocycles. The van der Waals surface area contributed by atoms with E-state index in [4.69, 9.17) is 4.74 Å². The van der Waals surface area contributed by atoms with E-state index < -0.39 is 5.41 Å². The molecule has 0 amide bonds. The number of nitrogens with zero attached hydrogens (tertiary/aromatic N) is 2. The van der Waals surface area contributed by atoms with E-state index in [0.29, 0.717) is 5.88 Å². The lowest BCUT2D eigenvalue weighted by Gasteiger charge is -2.22. The van der Waals surface area contributed by atoms with Crippen LogP contribution in [0.4, 0.5) is 0 Å². The lowest BCUT2D eigenvalue weighted by atomic mass is 9.79. The first kappa shape index (κ1) is 16.0. The zero-order valence-corrected chi connectivity index (χ0v) is 13.5. The summed E-state index contributed by atoms with van der Waals surface area (Å²) < 4.78 is 5.37. The second-order valence-electron chi connectivity index (χ2n) is 5.69. The van der Waals surface area contributed by atoms with Crippen LogP contribution >= 0.6 is 0 Å². The SMILES string of the molecule is C=CCCC(C)(C#N)c1ccc2cc(CC)c(OC)nc2c1. The minimum Gasteiger partial charge on any atom is -0.481 e. The highest BCUT2D eigenvalue weighted by Crippen LogP contribution is 2.32. The van der Waals surface area contributed by atoms with Gasteiger partial charge in [0.15, 0.2) is 0 Å². The lowest BCUT2D eigenvalue weighted by Crippen LogP contribution is -2.19. The van der Waals surface area contributed by atoms with Crippen LogP contribution in [-0.2, 0) is 11.8 Å². The van der Waals surface area contributed by atoms with E-state index in [-0.39, 0.29) is 0 Å². The molecule has 1 unspecified atom stereocenters. The van der Waals surface area contributed by atoms with Gasteiger partial charge in [-0.15, -0.1) is 6.58 Å². The molecule has 2 aromatic rings. The number of nitriles is 1. The molecule has 2 rings (SSSR count). The molecule has 0 saturated heterocycles. The quantitative estimate of drug-likeness (QED) is 0.734. The van der Waals surface area contributed by atoms with Crippen molar-refractivity contribution < 1.29 is 4.74 Å². The molecule has 1 aromatic carbocycles. The fourth-order valence-corrected chi connectivity index (χ4v) is 2.62. The molecule has 0 aliphatic heterocycles. The average molecular weight is 294 g/mol. The smallest absolute Gasteiger partial charge is 0.216 e. The molecular weight excluding hydrogens is 272 g/mol. The number of aryl methyl sites for hydroxylation is 1. The number of hydrogen-bond donors (Lipinski definition) is 0. The molecule has 0 bridgehead atoms. The first-order chi connectivity index (χ1) is 10.6. The first-order valence-electron chi connectivity index (χ1n) is 7.58. The highest BCUT2D eigenvalue weighted by Gasteiger charge is 2.26. The Hall–Kier alpha value is -2.34. The molecule has 3 heteroatoms. The van der Waals surface area contributed by atoms with Gasteiger partial charge >= 0.3 is 0 Å². The Morgan fingerprint density at radius 2 is 2.18 bits per heavy atom. The van der Waals surface area contributed by atoms with Gasteiger partial charge in [0.2, 0.25) is 5.88 Å². The van der Waals surface area contributed by atoms with E-state index in [1.54, 1.807) is 7.11 Å². The Balaban J connectivity index is 2.54. The third kappa shape index (κ3) is 2.96. The van der Waals surface area contributed by atoms with Gasteiger partial charge in [-0.05, 0) is 43.9 Å². The number of rotatable bonds is 6. The number of benzene rings is 1. The summed E-state index contributed by atoms with van der Waals surface area (Å²) in [7, 11) is 1.64. The van der Waals surface area contributed by atoms with E-state index in [0.717, 1.165) is 41.3 Å². The molecule has 0 saturated carbocycles. The fourth-order valence-electron chi connectivity index (χ4n) is 2.62. The summed E-state index contributed by atoms with van der Waals surface area (Å²) in [6.07, 6.45) is 4.30. The number of pyridine rings is 1. The van der Waals surface area contributed by atoms with Crippen molar-refractivity contribution in [3.63, 3.8) is 0 Å². The van der Waals surface area contributed by atoms with Gasteiger partial charge < -0.3 is 4.74 Å². The second-order valence-corrected chi connectivity index (χ2v) is 5.69. The summed E-state index contributed by atoms with van der Waals surface area (Å²) in [5.74, 6) is 0.664. The van der Waals surface area contributed by atoms with Gasteiger partial charge in [-0.3, -0.25) is 0 Å². The number of methoxy groups -OCH3 is 1. The average Bonchev–Trinajstić information content (AvgIpc) is 2.57. The molecule has 1 atom stereocenters.